The normalized spacial score (nSPS) is 10.8. The van der Waals surface area contributed by atoms with Crippen molar-refractivity contribution in [1.82, 2.24) is 0 Å². The van der Waals surface area contributed by atoms with Gasteiger partial charge in [0.15, 0.2) is 0 Å². The zero-order valence-electron chi connectivity index (χ0n) is 11.2. The van der Waals surface area contributed by atoms with Crippen molar-refractivity contribution in [1.29, 1.82) is 0 Å². The van der Waals surface area contributed by atoms with Crippen molar-refractivity contribution in [2.24, 2.45) is 5.73 Å². The van der Waals surface area contributed by atoms with Gasteiger partial charge in [-0.1, -0.05) is 54.0 Å². The molecule has 0 aliphatic carbocycles. The molecule has 2 rings (SSSR count). The third-order valence-electron chi connectivity index (χ3n) is 3.04. The maximum Gasteiger partial charge on any atom is 0.133 e. The van der Waals surface area contributed by atoms with Crippen LogP contribution in [0, 0.1) is 0 Å². The second kappa shape index (κ2) is 6.22. The zero-order valence-corrected chi connectivity index (χ0v) is 12.8. The van der Waals surface area contributed by atoms with Crippen LogP contribution in [0.1, 0.15) is 30.9 Å². The number of rotatable bonds is 4. The van der Waals surface area contributed by atoms with E-state index in [0.29, 0.717) is 12.5 Å². The summed E-state index contributed by atoms with van der Waals surface area (Å²) in [6, 6.07) is 14.0. The Bertz CT molecular complexity index is 566. The number of hydrogen-bond acceptors (Lipinski definition) is 2. The summed E-state index contributed by atoms with van der Waals surface area (Å²) >= 11 is 3.51. The molecule has 0 unspecified atom stereocenters. The molecule has 2 aromatic rings. The Morgan fingerprint density at radius 1 is 1.05 bits per heavy atom. The number of halogens is 1. The molecular formula is C16H18BrNO. The molecule has 100 valence electrons. The van der Waals surface area contributed by atoms with Crippen LogP contribution in [0.25, 0.3) is 0 Å². The SMILES string of the molecule is CC(C)c1ccccc1Oc1cccc(Br)c1CN. The van der Waals surface area contributed by atoms with Crippen LogP contribution in [0.4, 0.5) is 0 Å². The summed E-state index contributed by atoms with van der Waals surface area (Å²) < 4.78 is 7.04. The lowest BCUT2D eigenvalue weighted by Crippen LogP contribution is -2.01. The molecule has 2 aromatic carbocycles. The maximum atomic E-state index is 6.06. The van der Waals surface area contributed by atoms with Gasteiger partial charge in [-0.15, -0.1) is 0 Å². The van der Waals surface area contributed by atoms with E-state index in [1.165, 1.54) is 5.56 Å². The van der Waals surface area contributed by atoms with Gasteiger partial charge in [-0.25, -0.2) is 0 Å². The fourth-order valence-electron chi connectivity index (χ4n) is 2.00. The van der Waals surface area contributed by atoms with E-state index >= 15 is 0 Å². The summed E-state index contributed by atoms with van der Waals surface area (Å²) in [5.74, 6) is 2.12. The van der Waals surface area contributed by atoms with Crippen LogP contribution < -0.4 is 10.5 Å². The number of hydrogen-bond donors (Lipinski definition) is 1. The molecule has 0 aliphatic rings. The van der Waals surface area contributed by atoms with E-state index in [1.54, 1.807) is 0 Å². The van der Waals surface area contributed by atoms with Gasteiger partial charge in [0.2, 0.25) is 0 Å². The molecule has 0 saturated carbocycles. The summed E-state index contributed by atoms with van der Waals surface area (Å²) in [6.45, 7) is 4.76. The summed E-state index contributed by atoms with van der Waals surface area (Å²) in [4.78, 5) is 0. The lowest BCUT2D eigenvalue weighted by molar-refractivity contribution is 0.467. The average Bonchev–Trinajstić information content (AvgIpc) is 2.39. The van der Waals surface area contributed by atoms with Crippen LogP contribution in [-0.4, -0.2) is 0 Å². The zero-order chi connectivity index (χ0) is 13.8. The van der Waals surface area contributed by atoms with E-state index in [2.05, 4.69) is 35.8 Å². The van der Waals surface area contributed by atoms with Crippen molar-refractivity contribution in [3.63, 3.8) is 0 Å². The van der Waals surface area contributed by atoms with Crippen LogP contribution >= 0.6 is 15.9 Å². The van der Waals surface area contributed by atoms with E-state index in [-0.39, 0.29) is 0 Å². The molecule has 0 amide bonds. The Labute approximate surface area is 122 Å². The van der Waals surface area contributed by atoms with Gasteiger partial charge in [0.1, 0.15) is 11.5 Å². The van der Waals surface area contributed by atoms with E-state index < -0.39 is 0 Å². The van der Waals surface area contributed by atoms with Crippen LogP contribution in [0.3, 0.4) is 0 Å². The van der Waals surface area contributed by atoms with Crippen LogP contribution in [-0.2, 0) is 6.54 Å². The second-order valence-electron chi connectivity index (χ2n) is 4.72. The molecule has 3 heteroatoms. The molecule has 0 spiro atoms. The Morgan fingerprint density at radius 3 is 2.42 bits per heavy atom. The highest BCUT2D eigenvalue weighted by Gasteiger charge is 2.11. The first-order valence-electron chi connectivity index (χ1n) is 6.37. The molecule has 2 nitrogen and oxygen atoms in total. The van der Waals surface area contributed by atoms with Gasteiger partial charge in [0.05, 0.1) is 0 Å². The minimum absolute atomic E-state index is 0.421. The number of para-hydroxylation sites is 1. The average molecular weight is 320 g/mol. The molecule has 0 radical (unpaired) electrons. The molecule has 0 atom stereocenters. The summed E-state index contributed by atoms with van der Waals surface area (Å²) in [6.07, 6.45) is 0. The molecule has 0 saturated heterocycles. The number of benzene rings is 2. The van der Waals surface area contributed by atoms with Gasteiger partial charge >= 0.3 is 0 Å². The van der Waals surface area contributed by atoms with Gasteiger partial charge in [-0.05, 0) is 29.7 Å². The second-order valence-corrected chi connectivity index (χ2v) is 5.57. The van der Waals surface area contributed by atoms with Crippen molar-refractivity contribution in [3.8, 4) is 11.5 Å². The van der Waals surface area contributed by atoms with Crippen molar-refractivity contribution >= 4 is 15.9 Å². The first-order chi connectivity index (χ1) is 9.13. The molecule has 19 heavy (non-hydrogen) atoms. The van der Waals surface area contributed by atoms with Crippen LogP contribution in [0.15, 0.2) is 46.9 Å². The quantitative estimate of drug-likeness (QED) is 0.876. The lowest BCUT2D eigenvalue weighted by Gasteiger charge is -2.16. The van der Waals surface area contributed by atoms with E-state index in [0.717, 1.165) is 21.5 Å². The minimum Gasteiger partial charge on any atom is -0.457 e. The molecule has 0 aliphatic heterocycles. The smallest absolute Gasteiger partial charge is 0.133 e. The van der Waals surface area contributed by atoms with Crippen molar-refractivity contribution < 1.29 is 4.74 Å². The molecule has 0 heterocycles. The topological polar surface area (TPSA) is 35.2 Å². The predicted molar refractivity (Wildman–Crippen MR) is 82.6 cm³/mol. The van der Waals surface area contributed by atoms with Gasteiger partial charge in [0.25, 0.3) is 0 Å². The van der Waals surface area contributed by atoms with Crippen molar-refractivity contribution in [3.05, 3.63) is 58.1 Å². The Hall–Kier alpha value is -1.32. The Morgan fingerprint density at radius 2 is 1.74 bits per heavy atom. The molecular weight excluding hydrogens is 302 g/mol. The third-order valence-corrected chi connectivity index (χ3v) is 3.78. The highest BCUT2D eigenvalue weighted by atomic mass is 79.9. The standard InChI is InChI=1S/C16H18BrNO/c1-11(2)12-6-3-4-8-15(12)19-16-9-5-7-14(17)13(16)10-18/h3-9,11H,10,18H2,1-2H3. The van der Waals surface area contributed by atoms with Crippen molar-refractivity contribution in [2.45, 2.75) is 26.3 Å². The molecule has 2 N–H and O–H groups in total. The summed E-state index contributed by atoms with van der Waals surface area (Å²) in [7, 11) is 0. The lowest BCUT2D eigenvalue weighted by atomic mass is 10.0. The Kier molecular flexibility index (Phi) is 4.61. The highest BCUT2D eigenvalue weighted by molar-refractivity contribution is 9.10. The molecule has 0 fully saturated rings. The number of nitrogens with two attached hydrogens (primary N) is 1. The highest BCUT2D eigenvalue weighted by Crippen LogP contribution is 2.34. The van der Waals surface area contributed by atoms with E-state index in [9.17, 15) is 0 Å². The van der Waals surface area contributed by atoms with Crippen LogP contribution in [0.5, 0.6) is 11.5 Å². The largest absolute Gasteiger partial charge is 0.457 e. The van der Waals surface area contributed by atoms with E-state index in [1.807, 2.05) is 36.4 Å². The number of ether oxygens (including phenoxy) is 1. The first kappa shape index (κ1) is 14.1. The summed E-state index contributed by atoms with van der Waals surface area (Å²) in [5.41, 5.74) is 7.98. The fraction of sp³-hybridized carbons (Fsp3) is 0.250. The minimum atomic E-state index is 0.421. The monoisotopic (exact) mass is 319 g/mol. The van der Waals surface area contributed by atoms with Crippen molar-refractivity contribution in [2.75, 3.05) is 0 Å². The Balaban J connectivity index is 2.39. The maximum absolute atomic E-state index is 6.06. The predicted octanol–water partition coefficient (Wildman–Crippen LogP) is 4.82. The van der Waals surface area contributed by atoms with Gasteiger partial charge in [0, 0.05) is 16.6 Å². The van der Waals surface area contributed by atoms with Gasteiger partial charge in [-0.2, -0.15) is 0 Å². The summed E-state index contributed by atoms with van der Waals surface area (Å²) in [5, 5.41) is 0. The third kappa shape index (κ3) is 3.17. The molecule has 0 aromatic heterocycles. The fourth-order valence-corrected chi connectivity index (χ4v) is 2.51. The molecule has 0 bridgehead atoms. The first-order valence-corrected chi connectivity index (χ1v) is 7.17. The van der Waals surface area contributed by atoms with Crippen LogP contribution in [0.2, 0.25) is 0 Å². The van der Waals surface area contributed by atoms with Gasteiger partial charge < -0.3 is 10.5 Å². The van der Waals surface area contributed by atoms with Gasteiger partial charge in [-0.3, -0.25) is 0 Å². The van der Waals surface area contributed by atoms with E-state index in [4.69, 9.17) is 10.5 Å².